The van der Waals surface area contributed by atoms with Crippen LogP contribution in [0.25, 0.3) is 11.5 Å². The van der Waals surface area contributed by atoms with E-state index < -0.39 is 0 Å². The molecule has 3 rings (SSSR count). The molecule has 0 N–H and O–H groups in total. The maximum Gasteiger partial charge on any atom is 0.277 e. The summed E-state index contributed by atoms with van der Waals surface area (Å²) >= 11 is 7.20. The van der Waals surface area contributed by atoms with E-state index in [1.165, 1.54) is 17.8 Å². The van der Waals surface area contributed by atoms with Crippen molar-refractivity contribution in [2.75, 3.05) is 0 Å². The van der Waals surface area contributed by atoms with Crippen molar-refractivity contribution < 1.29 is 8.81 Å². The molecule has 0 amide bonds. The average Bonchev–Trinajstić information content (AvgIpc) is 2.97. The first-order valence-corrected chi connectivity index (χ1v) is 7.40. The van der Waals surface area contributed by atoms with Gasteiger partial charge in [0.1, 0.15) is 5.82 Å². The molecule has 0 unspecified atom stereocenters. The van der Waals surface area contributed by atoms with Gasteiger partial charge in [-0.3, -0.25) is 4.98 Å². The zero-order valence-corrected chi connectivity index (χ0v) is 12.2. The molecule has 0 atom stereocenters. The van der Waals surface area contributed by atoms with Gasteiger partial charge in [-0.15, -0.1) is 10.2 Å². The second-order valence-electron chi connectivity index (χ2n) is 4.10. The van der Waals surface area contributed by atoms with Gasteiger partial charge in [-0.1, -0.05) is 29.4 Å². The molecule has 106 valence electrons. The van der Waals surface area contributed by atoms with Crippen LogP contribution in [0.15, 0.2) is 52.4 Å². The van der Waals surface area contributed by atoms with E-state index in [1.807, 2.05) is 6.07 Å². The van der Waals surface area contributed by atoms with Crippen LogP contribution in [0.5, 0.6) is 0 Å². The third-order valence-electron chi connectivity index (χ3n) is 2.72. The van der Waals surface area contributed by atoms with Crippen LogP contribution in [0, 0.1) is 5.82 Å². The Morgan fingerprint density at radius 1 is 1.19 bits per heavy atom. The van der Waals surface area contributed by atoms with E-state index in [0.29, 0.717) is 27.5 Å². The smallest absolute Gasteiger partial charge is 0.277 e. The van der Waals surface area contributed by atoms with Crippen LogP contribution in [-0.2, 0) is 5.75 Å². The topological polar surface area (TPSA) is 51.8 Å². The predicted molar refractivity (Wildman–Crippen MR) is 78.5 cm³/mol. The first-order valence-electron chi connectivity index (χ1n) is 6.03. The molecule has 1 aromatic carbocycles. The summed E-state index contributed by atoms with van der Waals surface area (Å²) in [7, 11) is 0. The minimum absolute atomic E-state index is 0.320. The van der Waals surface area contributed by atoms with Crippen molar-refractivity contribution in [3.63, 3.8) is 0 Å². The van der Waals surface area contributed by atoms with Crippen LogP contribution in [0.3, 0.4) is 0 Å². The first kappa shape index (κ1) is 14.0. The second kappa shape index (κ2) is 6.24. The van der Waals surface area contributed by atoms with Crippen molar-refractivity contribution in [1.29, 1.82) is 0 Å². The Morgan fingerprint density at radius 3 is 2.86 bits per heavy atom. The molecule has 21 heavy (non-hydrogen) atoms. The number of halogens is 2. The number of rotatable bonds is 4. The summed E-state index contributed by atoms with van der Waals surface area (Å²) in [4.78, 5) is 3.99. The standard InChI is InChI=1S/C14H9ClFN3OS/c15-11-4-1-5-12(16)10(11)8-21-14-19-18-13(20-14)9-3-2-6-17-7-9/h1-7H,8H2. The summed E-state index contributed by atoms with van der Waals surface area (Å²) in [6.45, 7) is 0. The first-order chi connectivity index (χ1) is 10.2. The van der Waals surface area contributed by atoms with Crippen molar-refractivity contribution in [3.8, 4) is 11.5 Å². The number of thioether (sulfide) groups is 1. The third kappa shape index (κ3) is 3.22. The van der Waals surface area contributed by atoms with Gasteiger partial charge < -0.3 is 4.42 Å². The lowest BCUT2D eigenvalue weighted by atomic mass is 10.2. The number of aromatic nitrogens is 3. The zero-order valence-electron chi connectivity index (χ0n) is 10.7. The minimum atomic E-state index is -0.345. The fourth-order valence-electron chi connectivity index (χ4n) is 1.68. The summed E-state index contributed by atoms with van der Waals surface area (Å²) in [5.74, 6) is 0.354. The van der Waals surface area contributed by atoms with Gasteiger partial charge >= 0.3 is 0 Å². The SMILES string of the molecule is Fc1cccc(Cl)c1CSc1nnc(-c2cccnc2)o1. The van der Waals surface area contributed by atoms with Crippen LogP contribution < -0.4 is 0 Å². The summed E-state index contributed by atoms with van der Waals surface area (Å²) in [6, 6.07) is 8.19. The highest BCUT2D eigenvalue weighted by atomic mass is 35.5. The van der Waals surface area contributed by atoms with Crippen LogP contribution in [0.1, 0.15) is 5.56 Å². The number of nitrogens with zero attached hydrogens (tertiary/aromatic N) is 3. The van der Waals surface area contributed by atoms with Crippen LogP contribution in [-0.4, -0.2) is 15.2 Å². The summed E-state index contributed by atoms with van der Waals surface area (Å²) in [6.07, 6.45) is 3.30. The second-order valence-corrected chi connectivity index (χ2v) is 5.44. The van der Waals surface area contributed by atoms with Crippen molar-refractivity contribution in [2.45, 2.75) is 11.0 Å². The monoisotopic (exact) mass is 321 g/mol. The molecule has 7 heteroatoms. The van der Waals surface area contributed by atoms with Crippen LogP contribution in [0.2, 0.25) is 5.02 Å². The van der Waals surface area contributed by atoms with Gasteiger partial charge in [-0.2, -0.15) is 0 Å². The maximum absolute atomic E-state index is 13.7. The Bertz CT molecular complexity index is 731. The molecule has 0 aliphatic rings. The summed E-state index contributed by atoms with van der Waals surface area (Å²) in [5.41, 5.74) is 1.16. The molecule has 0 radical (unpaired) electrons. The van der Waals surface area contributed by atoms with Crippen molar-refractivity contribution >= 4 is 23.4 Å². The molecular formula is C14H9ClFN3OS. The normalized spacial score (nSPS) is 10.8. The molecule has 3 aromatic rings. The van der Waals surface area contributed by atoms with Gasteiger partial charge in [0.2, 0.25) is 5.89 Å². The van der Waals surface area contributed by atoms with Gasteiger partial charge in [0.05, 0.1) is 5.56 Å². The highest BCUT2D eigenvalue weighted by Gasteiger charge is 2.12. The fraction of sp³-hybridized carbons (Fsp3) is 0.0714. The predicted octanol–water partition coefficient (Wildman–Crippen LogP) is 4.22. The highest BCUT2D eigenvalue weighted by molar-refractivity contribution is 7.98. The summed E-state index contributed by atoms with van der Waals surface area (Å²) in [5, 5.41) is 8.60. The molecule has 0 saturated heterocycles. The Kier molecular flexibility index (Phi) is 4.17. The molecule has 0 aliphatic heterocycles. The Hall–Kier alpha value is -1.92. The molecule has 0 fully saturated rings. The van der Waals surface area contributed by atoms with E-state index in [2.05, 4.69) is 15.2 Å². The van der Waals surface area contributed by atoms with Gasteiger partial charge in [0.15, 0.2) is 0 Å². The van der Waals surface area contributed by atoms with Crippen LogP contribution >= 0.6 is 23.4 Å². The number of hydrogen-bond acceptors (Lipinski definition) is 5. The van der Waals surface area contributed by atoms with E-state index in [-0.39, 0.29) is 5.82 Å². The van der Waals surface area contributed by atoms with Gasteiger partial charge in [0.25, 0.3) is 5.22 Å². The Balaban J connectivity index is 1.74. The molecule has 0 spiro atoms. The van der Waals surface area contributed by atoms with Crippen molar-refractivity contribution in [3.05, 3.63) is 59.1 Å². The van der Waals surface area contributed by atoms with Crippen molar-refractivity contribution in [2.24, 2.45) is 0 Å². The lowest BCUT2D eigenvalue weighted by Gasteiger charge is -2.02. The third-order valence-corrected chi connectivity index (χ3v) is 3.92. The number of hydrogen-bond donors (Lipinski definition) is 0. The van der Waals surface area contributed by atoms with E-state index >= 15 is 0 Å². The van der Waals surface area contributed by atoms with E-state index in [4.69, 9.17) is 16.0 Å². The average molecular weight is 322 g/mol. The molecule has 2 aromatic heterocycles. The molecule has 4 nitrogen and oxygen atoms in total. The van der Waals surface area contributed by atoms with E-state index in [0.717, 1.165) is 5.56 Å². The molecule has 0 bridgehead atoms. The largest absolute Gasteiger partial charge is 0.411 e. The summed E-state index contributed by atoms with van der Waals surface area (Å²) < 4.78 is 19.2. The quantitative estimate of drug-likeness (QED) is 0.673. The molecular weight excluding hydrogens is 313 g/mol. The Morgan fingerprint density at radius 2 is 2.10 bits per heavy atom. The molecule has 0 saturated carbocycles. The van der Waals surface area contributed by atoms with E-state index in [9.17, 15) is 4.39 Å². The minimum Gasteiger partial charge on any atom is -0.411 e. The lowest BCUT2D eigenvalue weighted by Crippen LogP contribution is -1.88. The highest BCUT2D eigenvalue weighted by Crippen LogP contribution is 2.29. The number of pyridine rings is 1. The molecule has 0 aliphatic carbocycles. The lowest BCUT2D eigenvalue weighted by molar-refractivity contribution is 0.465. The van der Waals surface area contributed by atoms with Crippen molar-refractivity contribution in [1.82, 2.24) is 15.2 Å². The van der Waals surface area contributed by atoms with Gasteiger partial charge in [-0.25, -0.2) is 4.39 Å². The van der Waals surface area contributed by atoms with E-state index in [1.54, 1.807) is 30.6 Å². The fourth-order valence-corrected chi connectivity index (χ4v) is 2.78. The van der Waals surface area contributed by atoms with Crippen LogP contribution in [0.4, 0.5) is 4.39 Å². The van der Waals surface area contributed by atoms with Gasteiger partial charge in [-0.05, 0) is 24.3 Å². The maximum atomic E-state index is 13.7. The zero-order chi connectivity index (χ0) is 14.7. The molecule has 2 heterocycles. The van der Waals surface area contributed by atoms with Gasteiger partial charge in [0, 0.05) is 28.7 Å². The Labute approximate surface area is 129 Å². The number of benzene rings is 1.